The lowest BCUT2D eigenvalue weighted by atomic mass is 10.1. The minimum absolute atomic E-state index is 0.367. The van der Waals surface area contributed by atoms with Crippen LogP contribution in [0.15, 0.2) is 66.3 Å². The van der Waals surface area contributed by atoms with Crippen LogP contribution in [0.1, 0.15) is 11.1 Å². The Morgan fingerprint density at radius 2 is 2.04 bits per heavy atom. The normalized spacial score (nSPS) is 22.3. The van der Waals surface area contributed by atoms with Gasteiger partial charge in [0.15, 0.2) is 5.72 Å². The predicted octanol–water partition coefficient (Wildman–Crippen LogP) is 4.37. The van der Waals surface area contributed by atoms with Crippen molar-refractivity contribution in [3.63, 3.8) is 0 Å². The number of thioether (sulfide) groups is 1. The van der Waals surface area contributed by atoms with Gasteiger partial charge in [0.1, 0.15) is 5.25 Å². The number of nitriles is 1. The molecule has 2 atom stereocenters. The van der Waals surface area contributed by atoms with Gasteiger partial charge in [0.2, 0.25) is 0 Å². The Bertz CT molecular complexity index is 988. The molecular formula is C20H17N3OS. The highest BCUT2D eigenvalue weighted by atomic mass is 32.2. The summed E-state index contributed by atoms with van der Waals surface area (Å²) >= 11 is 1.48. The minimum Gasteiger partial charge on any atom is -0.344 e. The first kappa shape index (κ1) is 15.9. The zero-order valence-corrected chi connectivity index (χ0v) is 14.6. The van der Waals surface area contributed by atoms with Crippen molar-refractivity contribution in [2.45, 2.75) is 24.5 Å². The molecule has 0 aliphatic carbocycles. The number of ether oxygens (including phenoxy) is 1. The highest BCUT2D eigenvalue weighted by molar-refractivity contribution is 8.03. The van der Waals surface area contributed by atoms with Crippen molar-refractivity contribution >= 4 is 22.8 Å². The molecular weight excluding hydrogens is 330 g/mol. The molecule has 4 nitrogen and oxygen atoms in total. The number of hydrogen-bond donors (Lipinski definition) is 0. The second-order valence-corrected chi connectivity index (χ2v) is 7.03. The summed E-state index contributed by atoms with van der Waals surface area (Å²) in [4.78, 5) is 4.48. The zero-order valence-electron chi connectivity index (χ0n) is 13.8. The van der Waals surface area contributed by atoms with E-state index in [9.17, 15) is 5.26 Å². The maximum absolute atomic E-state index is 9.70. The van der Waals surface area contributed by atoms with E-state index in [1.165, 1.54) is 17.3 Å². The van der Waals surface area contributed by atoms with Gasteiger partial charge in [-0.1, -0.05) is 36.4 Å². The second kappa shape index (κ2) is 6.40. The van der Waals surface area contributed by atoms with E-state index in [0.29, 0.717) is 6.61 Å². The van der Waals surface area contributed by atoms with Crippen molar-refractivity contribution in [2.75, 3.05) is 0 Å². The van der Waals surface area contributed by atoms with Crippen molar-refractivity contribution in [1.29, 1.82) is 5.26 Å². The Hall–Kier alpha value is -2.55. The molecule has 0 spiro atoms. The van der Waals surface area contributed by atoms with Gasteiger partial charge in [-0.25, -0.2) is 4.98 Å². The van der Waals surface area contributed by atoms with E-state index in [-0.39, 0.29) is 5.25 Å². The molecule has 1 aliphatic heterocycles. The first-order valence-electron chi connectivity index (χ1n) is 8.08. The lowest BCUT2D eigenvalue weighted by Gasteiger charge is -2.32. The number of para-hydroxylation sites is 2. The monoisotopic (exact) mass is 347 g/mol. The van der Waals surface area contributed by atoms with Gasteiger partial charge in [-0.05, 0) is 41.7 Å². The highest BCUT2D eigenvalue weighted by Crippen LogP contribution is 2.42. The Morgan fingerprint density at radius 1 is 1.24 bits per heavy atom. The van der Waals surface area contributed by atoms with Crippen LogP contribution in [0.3, 0.4) is 0 Å². The number of aromatic nitrogens is 2. The molecule has 0 radical (unpaired) electrons. The summed E-state index contributed by atoms with van der Waals surface area (Å²) in [6.07, 6.45) is 3.74. The van der Waals surface area contributed by atoms with Gasteiger partial charge in [-0.15, -0.1) is 11.8 Å². The van der Waals surface area contributed by atoms with Gasteiger partial charge in [0, 0.05) is 0 Å². The molecule has 124 valence electrons. The molecule has 0 bridgehead atoms. The first-order valence-corrected chi connectivity index (χ1v) is 9.03. The fraction of sp³-hybridized carbons (Fsp3) is 0.200. The molecule has 5 heteroatoms. The van der Waals surface area contributed by atoms with Gasteiger partial charge in [-0.3, -0.25) is 4.57 Å². The molecule has 1 aliphatic rings. The van der Waals surface area contributed by atoms with Gasteiger partial charge >= 0.3 is 0 Å². The van der Waals surface area contributed by atoms with E-state index in [4.69, 9.17) is 4.74 Å². The van der Waals surface area contributed by atoms with Crippen LogP contribution < -0.4 is 0 Å². The molecule has 4 rings (SSSR count). The quantitative estimate of drug-likeness (QED) is 0.703. The maximum Gasteiger partial charge on any atom is 0.192 e. The lowest BCUT2D eigenvalue weighted by Crippen LogP contribution is -2.41. The van der Waals surface area contributed by atoms with Crippen LogP contribution in [0.4, 0.5) is 0 Å². The van der Waals surface area contributed by atoms with Crippen molar-refractivity contribution in [3.05, 3.63) is 77.5 Å². The molecule has 1 aromatic heterocycles. The molecule has 0 saturated heterocycles. The molecule has 0 N–H and O–H groups in total. The summed E-state index contributed by atoms with van der Waals surface area (Å²) in [5, 5.41) is 11.3. The van der Waals surface area contributed by atoms with Crippen molar-refractivity contribution in [3.8, 4) is 6.07 Å². The van der Waals surface area contributed by atoms with Crippen molar-refractivity contribution in [1.82, 2.24) is 9.55 Å². The molecule has 0 amide bonds. The molecule has 3 aromatic rings. The Balaban J connectivity index is 1.77. The van der Waals surface area contributed by atoms with Crippen LogP contribution in [0.5, 0.6) is 0 Å². The third-order valence-electron chi connectivity index (χ3n) is 4.56. The lowest BCUT2D eigenvalue weighted by molar-refractivity contribution is -0.0672. The third kappa shape index (κ3) is 2.64. The molecule has 0 saturated carbocycles. The molecule has 2 aromatic carbocycles. The summed E-state index contributed by atoms with van der Waals surface area (Å²) < 4.78 is 8.38. The van der Waals surface area contributed by atoms with Gasteiger partial charge < -0.3 is 4.74 Å². The summed E-state index contributed by atoms with van der Waals surface area (Å²) in [6.45, 7) is 2.50. The number of rotatable bonds is 4. The average Bonchev–Trinajstić information content (AvgIpc) is 3.25. The number of fused-ring (bicyclic) bond motifs is 1. The number of aryl methyl sites for hydroxylation is 1. The number of nitrogens with zero attached hydrogens (tertiary/aromatic N) is 3. The van der Waals surface area contributed by atoms with Crippen LogP contribution in [-0.2, 0) is 17.1 Å². The van der Waals surface area contributed by atoms with E-state index in [2.05, 4.69) is 30.1 Å². The molecule has 2 unspecified atom stereocenters. The SMILES string of the molecule is Cc1ccccc1COC1(n2cnc3ccccc32)C=CSC1C#N. The number of imidazole rings is 1. The first-order chi connectivity index (χ1) is 12.2. The Kier molecular flexibility index (Phi) is 4.08. The fourth-order valence-electron chi connectivity index (χ4n) is 3.13. The largest absolute Gasteiger partial charge is 0.344 e. The standard InChI is InChI=1S/C20H17N3OS/c1-15-6-2-3-7-16(15)13-24-20(10-11-25-19(20)12-21)23-14-22-17-8-4-5-9-18(17)23/h2-11,14,19H,13H2,1H3. The topological polar surface area (TPSA) is 50.8 Å². The summed E-state index contributed by atoms with van der Waals surface area (Å²) in [5.41, 5.74) is 3.28. The number of hydrogen-bond acceptors (Lipinski definition) is 4. The van der Waals surface area contributed by atoms with E-state index in [0.717, 1.165) is 16.6 Å². The minimum atomic E-state index is -0.863. The second-order valence-electron chi connectivity index (χ2n) is 6.02. The average molecular weight is 347 g/mol. The van der Waals surface area contributed by atoms with Crippen LogP contribution in [0.25, 0.3) is 11.0 Å². The van der Waals surface area contributed by atoms with Crippen LogP contribution in [0, 0.1) is 18.3 Å². The summed E-state index contributed by atoms with van der Waals surface area (Å²) in [6, 6.07) is 18.4. The van der Waals surface area contributed by atoms with Gasteiger partial charge in [-0.2, -0.15) is 5.26 Å². The highest BCUT2D eigenvalue weighted by Gasteiger charge is 2.44. The van der Waals surface area contributed by atoms with E-state index >= 15 is 0 Å². The van der Waals surface area contributed by atoms with Crippen LogP contribution in [-0.4, -0.2) is 14.8 Å². The van der Waals surface area contributed by atoms with E-state index in [1.54, 1.807) is 6.33 Å². The molecule has 25 heavy (non-hydrogen) atoms. The van der Waals surface area contributed by atoms with Gasteiger partial charge in [0.05, 0.1) is 30.0 Å². The molecule has 2 heterocycles. The van der Waals surface area contributed by atoms with Crippen LogP contribution in [0.2, 0.25) is 0 Å². The summed E-state index contributed by atoms with van der Waals surface area (Å²) in [7, 11) is 0. The smallest absolute Gasteiger partial charge is 0.192 e. The third-order valence-corrected chi connectivity index (χ3v) is 5.57. The number of benzene rings is 2. The van der Waals surface area contributed by atoms with E-state index in [1.807, 2.05) is 52.4 Å². The van der Waals surface area contributed by atoms with E-state index < -0.39 is 5.72 Å². The zero-order chi connectivity index (χ0) is 17.3. The fourth-order valence-corrected chi connectivity index (χ4v) is 4.07. The predicted molar refractivity (Wildman–Crippen MR) is 99.8 cm³/mol. The Labute approximate surface area is 150 Å². The van der Waals surface area contributed by atoms with Crippen molar-refractivity contribution in [2.24, 2.45) is 0 Å². The maximum atomic E-state index is 9.70. The van der Waals surface area contributed by atoms with Crippen LogP contribution >= 0.6 is 11.8 Å². The summed E-state index contributed by atoms with van der Waals surface area (Å²) in [5.74, 6) is 0. The molecule has 0 fully saturated rings. The van der Waals surface area contributed by atoms with Crippen molar-refractivity contribution < 1.29 is 4.74 Å². The Morgan fingerprint density at radius 3 is 2.88 bits per heavy atom. The van der Waals surface area contributed by atoms with Gasteiger partial charge in [0.25, 0.3) is 0 Å².